The Bertz CT molecular complexity index is 725. The maximum absolute atomic E-state index is 12.1. The van der Waals surface area contributed by atoms with Gasteiger partial charge >= 0.3 is 0 Å². The Kier molecular flexibility index (Phi) is 6.10. The molecule has 0 aliphatic heterocycles. The molecule has 1 amide bonds. The molecular formula is C14H17N5O5. The highest BCUT2D eigenvalue weighted by molar-refractivity contribution is 6.03. The Hall–Kier alpha value is -3.30. The molecule has 0 aliphatic rings. The van der Waals surface area contributed by atoms with Crippen LogP contribution in [0, 0.1) is 20.2 Å². The fraction of sp³-hybridized carbons (Fsp3) is 0.286. The number of nitro benzene ring substituents is 2. The highest BCUT2D eigenvalue weighted by Crippen LogP contribution is 2.30. The summed E-state index contributed by atoms with van der Waals surface area (Å²) in [5.74, 6) is -0.857. The van der Waals surface area contributed by atoms with Crippen molar-refractivity contribution >= 4 is 29.7 Å². The van der Waals surface area contributed by atoms with Gasteiger partial charge < -0.3 is 9.80 Å². The van der Waals surface area contributed by atoms with E-state index in [0.717, 1.165) is 12.1 Å². The third kappa shape index (κ3) is 4.87. The zero-order valence-corrected chi connectivity index (χ0v) is 13.7. The third-order valence-electron chi connectivity index (χ3n) is 2.73. The second-order valence-electron chi connectivity index (χ2n) is 5.24. The van der Waals surface area contributed by atoms with Crippen molar-refractivity contribution in [3.8, 4) is 0 Å². The molecule has 0 atom stereocenters. The normalized spacial score (nSPS) is 11.0. The number of aliphatic imine (C=N–C) groups is 1. The van der Waals surface area contributed by atoms with Crippen LogP contribution in [0.4, 0.5) is 11.4 Å². The van der Waals surface area contributed by atoms with E-state index < -0.39 is 27.1 Å². The standard InChI is InChI=1S/C14H17N5O5/c1-16(2)6-5-10-7-11(14(20)15-9-17(3)4)13(19(23)24)8-12(10)18(21)22/h5-9H,1-4H3/b6-5+,15-9?. The van der Waals surface area contributed by atoms with Crippen molar-refractivity contribution in [3.05, 3.63) is 49.7 Å². The quantitative estimate of drug-likeness (QED) is 0.336. The van der Waals surface area contributed by atoms with Crippen LogP contribution >= 0.6 is 0 Å². The molecule has 10 nitrogen and oxygen atoms in total. The maximum atomic E-state index is 12.1. The molecule has 0 saturated heterocycles. The van der Waals surface area contributed by atoms with Crippen LogP contribution in [0.15, 0.2) is 23.3 Å². The van der Waals surface area contributed by atoms with Gasteiger partial charge in [-0.1, -0.05) is 0 Å². The first-order chi connectivity index (χ1) is 11.1. The lowest BCUT2D eigenvalue weighted by Crippen LogP contribution is -2.11. The molecule has 0 aromatic heterocycles. The minimum Gasteiger partial charge on any atom is -0.383 e. The van der Waals surface area contributed by atoms with E-state index in [1.54, 1.807) is 33.1 Å². The number of benzene rings is 1. The van der Waals surface area contributed by atoms with Crippen LogP contribution in [-0.4, -0.2) is 60.1 Å². The van der Waals surface area contributed by atoms with Crippen LogP contribution in [0.5, 0.6) is 0 Å². The van der Waals surface area contributed by atoms with Crippen molar-refractivity contribution in [2.24, 2.45) is 4.99 Å². The van der Waals surface area contributed by atoms with E-state index in [4.69, 9.17) is 0 Å². The molecule has 0 unspecified atom stereocenters. The summed E-state index contributed by atoms with van der Waals surface area (Å²) >= 11 is 0. The van der Waals surface area contributed by atoms with Gasteiger partial charge in [0.15, 0.2) is 0 Å². The number of hydrogen-bond donors (Lipinski definition) is 0. The first-order valence-electron chi connectivity index (χ1n) is 6.70. The number of carbonyl (C=O) groups excluding carboxylic acids is 1. The number of amides is 1. The van der Waals surface area contributed by atoms with E-state index in [2.05, 4.69) is 4.99 Å². The first-order valence-corrected chi connectivity index (χ1v) is 6.70. The molecule has 0 saturated carbocycles. The zero-order valence-electron chi connectivity index (χ0n) is 13.7. The van der Waals surface area contributed by atoms with Gasteiger partial charge in [0.05, 0.1) is 27.8 Å². The van der Waals surface area contributed by atoms with Crippen LogP contribution in [0.2, 0.25) is 0 Å². The largest absolute Gasteiger partial charge is 0.383 e. The number of hydrogen-bond acceptors (Lipinski definition) is 6. The minimum absolute atomic E-state index is 0.0719. The smallest absolute Gasteiger partial charge is 0.289 e. The Morgan fingerprint density at radius 3 is 2.08 bits per heavy atom. The lowest BCUT2D eigenvalue weighted by Gasteiger charge is -2.06. The summed E-state index contributed by atoms with van der Waals surface area (Å²) < 4.78 is 0. The van der Waals surface area contributed by atoms with Gasteiger partial charge in [-0.3, -0.25) is 25.0 Å². The molecule has 0 N–H and O–H groups in total. The third-order valence-corrected chi connectivity index (χ3v) is 2.73. The number of carbonyl (C=O) groups is 1. The summed E-state index contributed by atoms with van der Waals surface area (Å²) in [6.07, 6.45) is 4.13. The number of nitro groups is 2. The molecule has 0 aliphatic carbocycles. The predicted molar refractivity (Wildman–Crippen MR) is 89.0 cm³/mol. The molecule has 0 bridgehead atoms. The lowest BCUT2D eigenvalue weighted by molar-refractivity contribution is -0.394. The van der Waals surface area contributed by atoms with Crippen molar-refractivity contribution in [1.82, 2.24) is 9.80 Å². The van der Waals surface area contributed by atoms with Gasteiger partial charge in [-0.05, 0) is 18.3 Å². The van der Waals surface area contributed by atoms with E-state index in [0.29, 0.717) is 0 Å². The van der Waals surface area contributed by atoms with Gasteiger partial charge in [-0.2, -0.15) is 4.99 Å². The SMILES string of the molecule is CN(C)C=NC(=O)c1cc(/C=C/N(C)C)c([N+](=O)[O-])cc1[N+](=O)[O-]. The molecule has 1 aromatic carbocycles. The van der Waals surface area contributed by atoms with Gasteiger partial charge in [0.2, 0.25) is 0 Å². The molecule has 0 spiro atoms. The van der Waals surface area contributed by atoms with Crippen LogP contribution in [0.25, 0.3) is 6.08 Å². The van der Waals surface area contributed by atoms with Gasteiger partial charge in [-0.15, -0.1) is 0 Å². The Labute approximate surface area is 138 Å². The summed E-state index contributed by atoms with van der Waals surface area (Å²) in [6.45, 7) is 0. The van der Waals surface area contributed by atoms with Crippen molar-refractivity contribution in [2.75, 3.05) is 28.2 Å². The summed E-state index contributed by atoms with van der Waals surface area (Å²) in [5.41, 5.74) is -1.37. The van der Waals surface area contributed by atoms with Crippen molar-refractivity contribution < 1.29 is 14.6 Å². The molecule has 0 fully saturated rings. The van der Waals surface area contributed by atoms with E-state index in [1.165, 1.54) is 23.5 Å². The molecular weight excluding hydrogens is 318 g/mol. The maximum Gasteiger partial charge on any atom is 0.289 e. The predicted octanol–water partition coefficient (Wildman–Crippen LogP) is 1.77. The fourth-order valence-electron chi connectivity index (χ4n) is 1.67. The van der Waals surface area contributed by atoms with E-state index in [9.17, 15) is 25.0 Å². The van der Waals surface area contributed by atoms with Gasteiger partial charge in [0.25, 0.3) is 17.3 Å². The molecule has 1 aromatic rings. The number of rotatable bonds is 6. The average molecular weight is 335 g/mol. The minimum atomic E-state index is -0.857. The van der Waals surface area contributed by atoms with Crippen molar-refractivity contribution in [3.63, 3.8) is 0 Å². The van der Waals surface area contributed by atoms with Crippen molar-refractivity contribution in [1.29, 1.82) is 0 Å². The summed E-state index contributed by atoms with van der Waals surface area (Å²) in [4.78, 5) is 39.6. The second kappa shape index (κ2) is 7.81. The van der Waals surface area contributed by atoms with Gasteiger partial charge in [0.1, 0.15) is 5.56 Å². The summed E-state index contributed by atoms with van der Waals surface area (Å²) in [7, 11) is 6.68. The van der Waals surface area contributed by atoms with Gasteiger partial charge in [-0.25, -0.2) is 0 Å². The monoisotopic (exact) mass is 335 g/mol. The fourth-order valence-corrected chi connectivity index (χ4v) is 1.67. The van der Waals surface area contributed by atoms with Crippen molar-refractivity contribution in [2.45, 2.75) is 0 Å². The zero-order chi connectivity index (χ0) is 18.4. The molecule has 0 radical (unpaired) electrons. The highest BCUT2D eigenvalue weighted by atomic mass is 16.6. The molecule has 1 rings (SSSR count). The van der Waals surface area contributed by atoms with Crippen LogP contribution in [0.3, 0.4) is 0 Å². The first kappa shape index (κ1) is 18.7. The van der Waals surface area contributed by atoms with E-state index in [-0.39, 0.29) is 11.1 Å². The molecule has 0 heterocycles. The van der Waals surface area contributed by atoms with E-state index in [1.807, 2.05) is 0 Å². The van der Waals surface area contributed by atoms with Gasteiger partial charge in [0, 0.05) is 28.2 Å². The average Bonchev–Trinajstić information content (AvgIpc) is 2.49. The lowest BCUT2D eigenvalue weighted by atomic mass is 10.1. The van der Waals surface area contributed by atoms with E-state index >= 15 is 0 Å². The molecule has 10 heteroatoms. The highest BCUT2D eigenvalue weighted by Gasteiger charge is 2.27. The Balaban J connectivity index is 3.55. The topological polar surface area (TPSA) is 122 Å². The van der Waals surface area contributed by atoms with Crippen LogP contribution < -0.4 is 0 Å². The van der Waals surface area contributed by atoms with Crippen LogP contribution in [0.1, 0.15) is 15.9 Å². The number of nitrogens with zero attached hydrogens (tertiary/aromatic N) is 5. The Morgan fingerprint density at radius 2 is 1.62 bits per heavy atom. The Morgan fingerprint density at radius 1 is 1.04 bits per heavy atom. The molecule has 128 valence electrons. The summed E-state index contributed by atoms with van der Waals surface area (Å²) in [5, 5.41) is 22.3. The summed E-state index contributed by atoms with van der Waals surface area (Å²) in [6, 6.07) is 1.87. The van der Waals surface area contributed by atoms with Crippen LogP contribution in [-0.2, 0) is 0 Å². The molecule has 24 heavy (non-hydrogen) atoms. The second-order valence-corrected chi connectivity index (χ2v) is 5.24.